The number of nitrogens with two attached hydrogens (primary N) is 1. The monoisotopic (exact) mass is 319 g/mol. The fourth-order valence-corrected chi connectivity index (χ4v) is 3.13. The van der Waals surface area contributed by atoms with Gasteiger partial charge in [0, 0.05) is 11.9 Å². The third kappa shape index (κ3) is 3.65. The Morgan fingerprint density at radius 2 is 2.10 bits per heavy atom. The quantitative estimate of drug-likeness (QED) is 0.860. The van der Waals surface area contributed by atoms with Gasteiger partial charge < -0.3 is 10.6 Å². The number of carbonyl (C=O) groups excluding carboxylic acids is 1. The van der Waals surface area contributed by atoms with Crippen LogP contribution in [0, 0.1) is 6.92 Å². The molecule has 4 nitrogen and oxygen atoms in total. The van der Waals surface area contributed by atoms with Crippen LogP contribution in [0.2, 0.25) is 0 Å². The van der Waals surface area contributed by atoms with E-state index in [0.717, 1.165) is 16.1 Å². The molecule has 0 spiro atoms. The molecule has 1 unspecified atom stereocenters. The standard InChI is InChI=1S/C15H17N3OS2/c1-10-12(21-9-17-10)8-18(2)15(19)13(14(16)20)11-6-4-3-5-7-11/h3-7,9,13H,8H2,1-2H3,(H2,16,20). The largest absolute Gasteiger partial charge is 0.392 e. The number of nitrogens with zero attached hydrogens (tertiary/aromatic N) is 2. The van der Waals surface area contributed by atoms with Gasteiger partial charge in [0.15, 0.2) is 0 Å². The van der Waals surface area contributed by atoms with E-state index in [2.05, 4.69) is 4.98 Å². The molecule has 1 aromatic carbocycles. The van der Waals surface area contributed by atoms with Gasteiger partial charge in [-0.15, -0.1) is 11.3 Å². The molecule has 0 bridgehead atoms. The van der Waals surface area contributed by atoms with Crippen LogP contribution in [-0.2, 0) is 11.3 Å². The molecule has 21 heavy (non-hydrogen) atoms. The Balaban J connectivity index is 2.19. The molecule has 0 saturated carbocycles. The van der Waals surface area contributed by atoms with Gasteiger partial charge in [0.1, 0.15) is 5.92 Å². The van der Waals surface area contributed by atoms with Gasteiger partial charge in [0.2, 0.25) is 5.91 Å². The molecule has 1 atom stereocenters. The molecule has 0 aliphatic carbocycles. The third-order valence-electron chi connectivity index (χ3n) is 3.27. The summed E-state index contributed by atoms with van der Waals surface area (Å²) in [5, 5.41) is 0. The van der Waals surface area contributed by atoms with E-state index in [-0.39, 0.29) is 10.9 Å². The van der Waals surface area contributed by atoms with Crippen LogP contribution in [0.1, 0.15) is 22.1 Å². The van der Waals surface area contributed by atoms with Crippen molar-refractivity contribution in [1.82, 2.24) is 9.88 Å². The van der Waals surface area contributed by atoms with Gasteiger partial charge in [-0.05, 0) is 12.5 Å². The van der Waals surface area contributed by atoms with Gasteiger partial charge in [-0.25, -0.2) is 4.98 Å². The fraction of sp³-hybridized carbons (Fsp3) is 0.267. The van der Waals surface area contributed by atoms with Crippen LogP contribution in [0.15, 0.2) is 35.8 Å². The lowest BCUT2D eigenvalue weighted by molar-refractivity contribution is -0.130. The average Bonchev–Trinajstić information content (AvgIpc) is 2.85. The highest BCUT2D eigenvalue weighted by Gasteiger charge is 2.26. The van der Waals surface area contributed by atoms with Crippen LogP contribution < -0.4 is 5.73 Å². The number of carbonyl (C=O) groups is 1. The summed E-state index contributed by atoms with van der Waals surface area (Å²) in [6.45, 7) is 2.45. The second kappa shape index (κ2) is 6.78. The Kier molecular flexibility index (Phi) is 5.03. The number of thiocarbonyl (C=S) groups is 1. The molecule has 6 heteroatoms. The maximum Gasteiger partial charge on any atom is 0.237 e. The number of aryl methyl sites for hydroxylation is 1. The predicted molar refractivity (Wildman–Crippen MR) is 89.3 cm³/mol. The maximum absolute atomic E-state index is 12.7. The first kappa shape index (κ1) is 15.6. The van der Waals surface area contributed by atoms with Crippen LogP contribution >= 0.6 is 23.6 Å². The van der Waals surface area contributed by atoms with Crippen molar-refractivity contribution in [1.29, 1.82) is 0 Å². The van der Waals surface area contributed by atoms with Crippen molar-refractivity contribution in [3.8, 4) is 0 Å². The predicted octanol–water partition coefficient (Wildman–Crippen LogP) is 2.48. The number of hydrogen-bond donors (Lipinski definition) is 1. The molecule has 1 aromatic heterocycles. The van der Waals surface area contributed by atoms with E-state index in [1.54, 1.807) is 28.8 Å². The normalized spacial score (nSPS) is 11.9. The van der Waals surface area contributed by atoms with Gasteiger partial charge >= 0.3 is 0 Å². The number of rotatable bonds is 5. The van der Waals surface area contributed by atoms with Crippen LogP contribution in [0.25, 0.3) is 0 Å². The van der Waals surface area contributed by atoms with E-state index in [4.69, 9.17) is 18.0 Å². The molecule has 2 aromatic rings. The first-order valence-corrected chi connectivity index (χ1v) is 7.77. The topological polar surface area (TPSA) is 59.2 Å². The lowest BCUT2D eigenvalue weighted by Crippen LogP contribution is -2.37. The lowest BCUT2D eigenvalue weighted by atomic mass is 9.97. The Hall–Kier alpha value is -1.79. The van der Waals surface area contributed by atoms with Gasteiger partial charge in [-0.2, -0.15) is 0 Å². The van der Waals surface area contributed by atoms with E-state index in [1.165, 1.54) is 0 Å². The van der Waals surface area contributed by atoms with E-state index in [0.29, 0.717) is 6.54 Å². The summed E-state index contributed by atoms with van der Waals surface area (Å²) in [5.41, 5.74) is 9.34. The maximum atomic E-state index is 12.7. The highest BCUT2D eigenvalue weighted by molar-refractivity contribution is 7.80. The highest BCUT2D eigenvalue weighted by atomic mass is 32.1. The number of aromatic nitrogens is 1. The number of amides is 1. The summed E-state index contributed by atoms with van der Waals surface area (Å²) in [7, 11) is 1.76. The van der Waals surface area contributed by atoms with Crippen molar-refractivity contribution in [2.75, 3.05) is 7.05 Å². The Morgan fingerprint density at radius 1 is 1.43 bits per heavy atom. The van der Waals surface area contributed by atoms with E-state index in [9.17, 15) is 4.79 Å². The van der Waals surface area contributed by atoms with Crippen molar-refractivity contribution in [3.05, 3.63) is 52.0 Å². The number of likely N-dealkylation sites (N-methyl/N-ethyl adjacent to an activating group) is 1. The molecule has 0 aliphatic heterocycles. The molecular formula is C15H17N3OS2. The van der Waals surface area contributed by atoms with Crippen molar-refractivity contribution in [2.24, 2.45) is 5.73 Å². The molecule has 2 rings (SSSR count). The van der Waals surface area contributed by atoms with Crippen molar-refractivity contribution >= 4 is 34.5 Å². The zero-order chi connectivity index (χ0) is 15.4. The Morgan fingerprint density at radius 3 is 2.62 bits per heavy atom. The average molecular weight is 319 g/mol. The van der Waals surface area contributed by atoms with Crippen molar-refractivity contribution < 1.29 is 4.79 Å². The molecule has 110 valence electrons. The molecule has 0 aliphatic rings. The molecule has 2 N–H and O–H groups in total. The molecule has 0 fully saturated rings. The minimum atomic E-state index is -0.584. The summed E-state index contributed by atoms with van der Waals surface area (Å²) >= 11 is 6.63. The Labute approximate surface area is 133 Å². The zero-order valence-corrected chi connectivity index (χ0v) is 13.6. The molecular weight excluding hydrogens is 302 g/mol. The summed E-state index contributed by atoms with van der Waals surface area (Å²) in [6.07, 6.45) is 0. The number of hydrogen-bond acceptors (Lipinski definition) is 4. The molecule has 0 radical (unpaired) electrons. The van der Waals surface area contributed by atoms with E-state index < -0.39 is 5.92 Å². The molecule has 1 heterocycles. The Bertz CT molecular complexity index is 639. The van der Waals surface area contributed by atoms with Gasteiger partial charge in [0.05, 0.1) is 22.7 Å². The van der Waals surface area contributed by atoms with Crippen molar-refractivity contribution in [3.63, 3.8) is 0 Å². The molecule has 1 amide bonds. The zero-order valence-electron chi connectivity index (χ0n) is 11.9. The molecule has 0 saturated heterocycles. The third-order valence-corrected chi connectivity index (χ3v) is 4.42. The summed E-state index contributed by atoms with van der Waals surface area (Å²) in [6, 6.07) is 9.39. The van der Waals surface area contributed by atoms with Gasteiger partial charge in [-0.1, -0.05) is 42.5 Å². The van der Waals surface area contributed by atoms with Crippen LogP contribution in [0.5, 0.6) is 0 Å². The van der Waals surface area contributed by atoms with Crippen LogP contribution in [-0.4, -0.2) is 27.8 Å². The van der Waals surface area contributed by atoms with Crippen LogP contribution in [0.4, 0.5) is 0 Å². The lowest BCUT2D eigenvalue weighted by Gasteiger charge is -2.23. The van der Waals surface area contributed by atoms with E-state index in [1.807, 2.05) is 37.3 Å². The second-order valence-corrected chi connectivity index (χ2v) is 6.21. The first-order chi connectivity index (χ1) is 10.0. The van der Waals surface area contributed by atoms with Gasteiger partial charge in [0.25, 0.3) is 0 Å². The fourth-order valence-electron chi connectivity index (χ4n) is 2.07. The van der Waals surface area contributed by atoms with Gasteiger partial charge in [-0.3, -0.25) is 4.79 Å². The number of benzene rings is 1. The minimum Gasteiger partial charge on any atom is -0.392 e. The smallest absolute Gasteiger partial charge is 0.237 e. The first-order valence-electron chi connectivity index (χ1n) is 6.49. The van der Waals surface area contributed by atoms with Crippen molar-refractivity contribution in [2.45, 2.75) is 19.4 Å². The summed E-state index contributed by atoms with van der Waals surface area (Å²) in [4.78, 5) is 19.8. The number of thiazole rings is 1. The SMILES string of the molecule is Cc1ncsc1CN(C)C(=O)C(C(N)=S)c1ccccc1. The van der Waals surface area contributed by atoms with Crippen LogP contribution in [0.3, 0.4) is 0 Å². The highest BCUT2D eigenvalue weighted by Crippen LogP contribution is 2.21. The summed E-state index contributed by atoms with van der Waals surface area (Å²) < 4.78 is 0. The minimum absolute atomic E-state index is 0.0958. The summed E-state index contributed by atoms with van der Waals surface area (Å²) in [5.74, 6) is -0.680. The van der Waals surface area contributed by atoms with E-state index >= 15 is 0 Å². The second-order valence-electron chi connectivity index (χ2n) is 4.80.